The van der Waals surface area contributed by atoms with E-state index in [2.05, 4.69) is 4.98 Å². The molecule has 0 spiro atoms. The average molecular weight is 298 g/mol. The van der Waals surface area contributed by atoms with Gasteiger partial charge < -0.3 is 0 Å². The molecular weight excluding hydrogens is 294 g/mol. The molecule has 1 aromatic heterocycles. The maximum absolute atomic E-state index is 10.7. The fourth-order valence-corrected chi connectivity index (χ4v) is 0.581. The lowest BCUT2D eigenvalue weighted by Crippen LogP contribution is -2.21. The molecule has 4 nitrogen and oxygen atoms in total. The summed E-state index contributed by atoms with van der Waals surface area (Å²) >= 11 is 10.9. The van der Waals surface area contributed by atoms with E-state index >= 15 is 0 Å². The van der Waals surface area contributed by atoms with Gasteiger partial charge in [-0.05, 0) is 12.1 Å². The van der Waals surface area contributed by atoms with Crippen LogP contribution in [0, 0.1) is 0 Å². The van der Waals surface area contributed by atoms with E-state index in [1.54, 1.807) is 12.1 Å². The molecule has 0 saturated heterocycles. The molecule has 1 heterocycles. The first-order chi connectivity index (χ1) is 7.04. The number of alkyl halides is 3. The summed E-state index contributed by atoms with van der Waals surface area (Å²) in [6.45, 7) is 0. The van der Waals surface area contributed by atoms with E-state index in [0.29, 0.717) is 10.2 Å². The van der Waals surface area contributed by atoms with Gasteiger partial charge in [-0.2, -0.15) is 21.6 Å². The third kappa shape index (κ3) is 6.11. The maximum atomic E-state index is 10.7. The largest absolute Gasteiger partial charge is 0.522 e. The first kappa shape index (κ1) is 15.4. The Bertz CT molecular complexity index is 410. The molecule has 92 valence electrons. The van der Waals surface area contributed by atoms with Crippen LogP contribution in [0.4, 0.5) is 13.2 Å². The van der Waals surface area contributed by atoms with Gasteiger partial charge in [0, 0.05) is 6.20 Å². The topological polar surface area (TPSA) is 67.3 Å². The van der Waals surface area contributed by atoms with Crippen LogP contribution in [0.1, 0.15) is 0 Å². The first-order valence-electron chi connectivity index (χ1n) is 3.35. The van der Waals surface area contributed by atoms with Crippen molar-refractivity contribution < 1.29 is 26.1 Å². The van der Waals surface area contributed by atoms with Crippen molar-refractivity contribution in [2.75, 3.05) is 0 Å². The van der Waals surface area contributed by atoms with Gasteiger partial charge in [-0.3, -0.25) is 4.55 Å². The van der Waals surface area contributed by atoms with Crippen molar-refractivity contribution in [2.24, 2.45) is 0 Å². The van der Waals surface area contributed by atoms with Gasteiger partial charge in [0.15, 0.2) is 0 Å². The van der Waals surface area contributed by atoms with Crippen molar-refractivity contribution in [3.63, 3.8) is 0 Å². The third-order valence-corrected chi connectivity index (χ3v) is 2.02. The average Bonchev–Trinajstić information content (AvgIpc) is 2.08. The summed E-state index contributed by atoms with van der Waals surface area (Å²) in [6.07, 6.45) is 1.50. The summed E-state index contributed by atoms with van der Waals surface area (Å²) in [4.78, 5) is 3.71. The Kier molecular flexibility index (Phi) is 5.47. The van der Waals surface area contributed by atoms with Crippen LogP contribution < -0.4 is 0 Å². The third-order valence-electron chi connectivity index (χ3n) is 0.984. The number of hydrogen-bond donors (Lipinski definition) is 1. The minimum absolute atomic E-state index is 0.467. The van der Waals surface area contributed by atoms with Gasteiger partial charge in [0.2, 0.25) is 0 Å². The molecule has 1 rings (SSSR count). The van der Waals surface area contributed by atoms with Crippen LogP contribution in [0.2, 0.25) is 10.2 Å². The second-order valence-electron chi connectivity index (χ2n) is 2.22. The van der Waals surface area contributed by atoms with Crippen molar-refractivity contribution in [1.82, 2.24) is 4.98 Å². The van der Waals surface area contributed by atoms with E-state index < -0.39 is 15.6 Å². The molecule has 0 aliphatic heterocycles. The Morgan fingerprint density at radius 3 is 1.88 bits per heavy atom. The monoisotopic (exact) mass is 297 g/mol. The Morgan fingerprint density at radius 1 is 1.25 bits per heavy atom. The molecule has 0 aliphatic carbocycles. The minimum atomic E-state index is -5.84. The molecule has 0 atom stereocenters. The second kappa shape index (κ2) is 5.67. The Labute approximate surface area is 98.8 Å². The lowest BCUT2D eigenvalue weighted by molar-refractivity contribution is -0.0510. The maximum Gasteiger partial charge on any atom is 0.522 e. The normalized spacial score (nSPS) is 11.6. The van der Waals surface area contributed by atoms with Gasteiger partial charge in [-0.1, -0.05) is 23.2 Å². The number of halogens is 5. The van der Waals surface area contributed by atoms with Crippen molar-refractivity contribution in [2.45, 2.75) is 5.51 Å². The number of hydrogen-bond acceptors (Lipinski definition) is 3. The van der Waals surface area contributed by atoms with Crippen LogP contribution in [0.15, 0.2) is 18.3 Å². The van der Waals surface area contributed by atoms with Crippen molar-refractivity contribution >= 4 is 33.3 Å². The molecule has 0 aliphatic rings. The Hall–Kier alpha value is -0.570. The zero-order valence-corrected chi connectivity index (χ0v) is 9.57. The molecule has 0 unspecified atom stereocenters. The number of nitrogens with zero attached hydrogens (tertiary/aromatic N) is 1. The van der Waals surface area contributed by atoms with Gasteiger partial charge in [0.25, 0.3) is 0 Å². The Balaban J connectivity index is 0.000000281. The van der Waals surface area contributed by atoms with Crippen LogP contribution in [-0.2, 0) is 10.1 Å². The van der Waals surface area contributed by atoms with Crippen LogP contribution >= 0.6 is 23.2 Å². The predicted octanol–water partition coefficient (Wildman–Crippen LogP) is 2.78. The van der Waals surface area contributed by atoms with Gasteiger partial charge in [0.05, 0.1) is 5.02 Å². The number of pyridine rings is 1. The second-order valence-corrected chi connectivity index (χ2v) is 4.46. The summed E-state index contributed by atoms with van der Waals surface area (Å²) in [6, 6.07) is 3.33. The SMILES string of the molecule is Clc1ccc(Cl)nc1.O=S(=O)(O)C(F)(F)F. The van der Waals surface area contributed by atoms with Gasteiger partial charge >= 0.3 is 15.6 Å². The zero-order valence-electron chi connectivity index (χ0n) is 7.24. The molecule has 0 amide bonds. The fraction of sp³-hybridized carbons (Fsp3) is 0.167. The van der Waals surface area contributed by atoms with Crippen molar-refractivity contribution in [3.05, 3.63) is 28.5 Å². The van der Waals surface area contributed by atoms with Gasteiger partial charge in [-0.25, -0.2) is 4.98 Å². The van der Waals surface area contributed by atoms with E-state index in [1.165, 1.54) is 6.20 Å². The van der Waals surface area contributed by atoms with Crippen LogP contribution in [-0.4, -0.2) is 23.5 Å². The molecule has 0 bridgehead atoms. The molecule has 1 aromatic rings. The highest BCUT2D eigenvalue weighted by atomic mass is 35.5. The predicted molar refractivity (Wildman–Crippen MR) is 51.9 cm³/mol. The Morgan fingerprint density at radius 2 is 1.69 bits per heavy atom. The molecule has 0 aromatic carbocycles. The van der Waals surface area contributed by atoms with Crippen molar-refractivity contribution in [3.8, 4) is 0 Å². The van der Waals surface area contributed by atoms with E-state index in [0.717, 1.165) is 0 Å². The standard InChI is InChI=1S/C5H3Cl2N.CHF3O3S/c6-4-1-2-5(7)8-3-4;2-1(3,4)8(5,6)7/h1-3H;(H,5,6,7). The van der Waals surface area contributed by atoms with E-state index in [-0.39, 0.29) is 0 Å². The highest BCUT2D eigenvalue weighted by Gasteiger charge is 2.44. The lowest BCUT2D eigenvalue weighted by Gasteiger charge is -1.97. The highest BCUT2D eigenvalue weighted by Crippen LogP contribution is 2.20. The summed E-state index contributed by atoms with van der Waals surface area (Å²) in [5.41, 5.74) is -5.53. The molecule has 10 heteroatoms. The molecule has 0 radical (unpaired) electrons. The minimum Gasteiger partial charge on any atom is -0.279 e. The molecule has 1 N–H and O–H groups in total. The molecule has 16 heavy (non-hydrogen) atoms. The number of rotatable bonds is 0. The summed E-state index contributed by atoms with van der Waals surface area (Å²) in [5, 5.41) is 1.07. The van der Waals surface area contributed by atoms with Gasteiger partial charge in [-0.15, -0.1) is 0 Å². The molecular formula is C6H4Cl2F3NO3S. The fourth-order valence-electron chi connectivity index (χ4n) is 0.358. The summed E-state index contributed by atoms with van der Waals surface area (Å²) < 4.78 is 57.5. The molecule has 0 saturated carbocycles. The van der Waals surface area contributed by atoms with E-state index in [9.17, 15) is 13.2 Å². The summed E-state index contributed by atoms with van der Waals surface area (Å²) in [5.74, 6) is 0. The van der Waals surface area contributed by atoms with E-state index in [1.807, 2.05) is 0 Å². The van der Waals surface area contributed by atoms with Crippen molar-refractivity contribution in [1.29, 1.82) is 0 Å². The zero-order chi connectivity index (χ0) is 13.0. The van der Waals surface area contributed by atoms with Crippen LogP contribution in [0.5, 0.6) is 0 Å². The van der Waals surface area contributed by atoms with Gasteiger partial charge in [0.1, 0.15) is 5.15 Å². The van der Waals surface area contributed by atoms with E-state index in [4.69, 9.17) is 36.2 Å². The van der Waals surface area contributed by atoms with Crippen LogP contribution in [0.25, 0.3) is 0 Å². The lowest BCUT2D eigenvalue weighted by atomic mass is 10.5. The number of aromatic nitrogens is 1. The summed E-state index contributed by atoms with van der Waals surface area (Å²) in [7, 11) is -5.84. The quantitative estimate of drug-likeness (QED) is 0.454. The highest BCUT2D eigenvalue weighted by molar-refractivity contribution is 7.86. The smallest absolute Gasteiger partial charge is 0.279 e. The van der Waals surface area contributed by atoms with Crippen LogP contribution in [0.3, 0.4) is 0 Å². The molecule has 0 fully saturated rings. The first-order valence-corrected chi connectivity index (χ1v) is 5.54.